The van der Waals surface area contributed by atoms with Gasteiger partial charge in [-0.15, -0.1) is 0 Å². The van der Waals surface area contributed by atoms with E-state index in [9.17, 15) is 25.2 Å². The maximum Gasteiger partial charge on any atom is 0.229 e. The van der Waals surface area contributed by atoms with Crippen molar-refractivity contribution in [2.24, 2.45) is 0 Å². The maximum atomic E-state index is 12.7. The van der Waals surface area contributed by atoms with E-state index in [1.54, 1.807) is 56.4 Å². The minimum Gasteiger partial charge on any atom is -0.394 e. The minimum atomic E-state index is -0.708. The number of aliphatic hydroxyl groups is 4. The van der Waals surface area contributed by atoms with Gasteiger partial charge in [0.2, 0.25) is 17.8 Å². The van der Waals surface area contributed by atoms with Crippen LogP contribution in [-0.2, 0) is 11.3 Å². The van der Waals surface area contributed by atoms with Gasteiger partial charge in [-0.25, -0.2) is 39.9 Å². The molecule has 3 atom stereocenters. The zero-order valence-electron chi connectivity index (χ0n) is 43.0. The maximum absolute atomic E-state index is 12.7. The summed E-state index contributed by atoms with van der Waals surface area (Å²) in [6.07, 6.45) is 5.55. The number of piperazine rings is 1. The monoisotopic (exact) mass is 989 g/mol. The van der Waals surface area contributed by atoms with Crippen molar-refractivity contribution < 1.29 is 25.2 Å². The lowest BCUT2D eigenvalue weighted by Crippen LogP contribution is -2.55. The minimum absolute atomic E-state index is 0.0395. The van der Waals surface area contributed by atoms with Crippen molar-refractivity contribution in [3.05, 3.63) is 78.1 Å². The second-order valence-electron chi connectivity index (χ2n) is 19.9. The van der Waals surface area contributed by atoms with E-state index in [4.69, 9.17) is 0 Å². The van der Waals surface area contributed by atoms with Crippen molar-refractivity contribution >= 4 is 68.6 Å². The third kappa shape index (κ3) is 14.2. The van der Waals surface area contributed by atoms with Crippen LogP contribution in [0.1, 0.15) is 97.9 Å². The Hall–Kier alpha value is -6.33. The number of aromatic nitrogens is 8. The molecule has 2 fully saturated rings. The molecule has 21 heteroatoms. The number of nitrogens with one attached hydrogen (secondary N) is 4. The van der Waals surface area contributed by atoms with E-state index < -0.39 is 18.3 Å². The van der Waals surface area contributed by atoms with Crippen LogP contribution in [0.4, 0.5) is 40.9 Å². The quantitative estimate of drug-likeness (QED) is 0.0570. The van der Waals surface area contributed by atoms with Gasteiger partial charge in [0.15, 0.2) is 11.6 Å². The molecule has 6 aromatic heterocycles. The lowest BCUT2D eigenvalue weighted by Gasteiger charge is -2.43. The smallest absolute Gasteiger partial charge is 0.229 e. The van der Waals surface area contributed by atoms with Gasteiger partial charge in [-0.3, -0.25) is 19.5 Å². The largest absolute Gasteiger partial charge is 0.394 e. The van der Waals surface area contributed by atoms with E-state index in [1.165, 1.54) is 0 Å². The number of rotatable bonds is 17. The molecule has 2 saturated heterocycles. The zero-order chi connectivity index (χ0) is 51.7. The number of amides is 1. The second kappa shape index (κ2) is 23.9. The fraction of sp³-hybridized carbons (Fsp3) is 0.510. The van der Waals surface area contributed by atoms with Crippen LogP contribution < -0.4 is 26.2 Å². The summed E-state index contributed by atoms with van der Waals surface area (Å²) in [5, 5.41) is 53.8. The van der Waals surface area contributed by atoms with Crippen LogP contribution in [0.15, 0.2) is 61.2 Å². The molecule has 2 aliphatic rings. The number of carbonyl (C=O) groups excluding carboxylic acids is 1. The summed E-state index contributed by atoms with van der Waals surface area (Å²) in [7, 11) is 0. The van der Waals surface area contributed by atoms with Gasteiger partial charge in [0.1, 0.15) is 22.7 Å². The molecular weight excluding hydrogens is 917 g/mol. The molecule has 72 heavy (non-hydrogen) atoms. The Bertz CT molecular complexity index is 2730. The van der Waals surface area contributed by atoms with E-state index in [-0.39, 0.29) is 30.1 Å². The first-order chi connectivity index (χ1) is 34.3. The van der Waals surface area contributed by atoms with Crippen LogP contribution in [0.2, 0.25) is 0 Å². The molecule has 8 N–H and O–H groups in total. The third-order valence-electron chi connectivity index (χ3n) is 12.4. The Kier molecular flexibility index (Phi) is 17.8. The molecule has 2 aliphatic heterocycles. The zero-order valence-corrected chi connectivity index (χ0v) is 43.0. The Morgan fingerprint density at radius 3 is 1.61 bits per heavy atom. The predicted octanol–water partition coefficient (Wildman–Crippen LogP) is 5.38. The normalized spacial score (nSPS) is 16.6. The van der Waals surface area contributed by atoms with E-state index in [1.807, 2.05) is 52.1 Å². The summed E-state index contributed by atoms with van der Waals surface area (Å²) >= 11 is 0. The van der Waals surface area contributed by atoms with Crippen molar-refractivity contribution in [3.8, 4) is 0 Å². The van der Waals surface area contributed by atoms with E-state index >= 15 is 0 Å². The molecule has 8 rings (SSSR count). The van der Waals surface area contributed by atoms with E-state index in [0.29, 0.717) is 90.2 Å². The van der Waals surface area contributed by atoms with E-state index in [2.05, 4.69) is 95.8 Å². The number of carbonyl (C=O) groups is 1. The molecule has 0 aromatic carbocycles. The van der Waals surface area contributed by atoms with Crippen molar-refractivity contribution in [1.29, 1.82) is 0 Å². The fourth-order valence-corrected chi connectivity index (χ4v) is 8.42. The van der Waals surface area contributed by atoms with Crippen LogP contribution in [-0.4, -0.2) is 164 Å². The molecular formula is C51H72N16O5. The summed E-state index contributed by atoms with van der Waals surface area (Å²) in [6, 6.07) is 11.5. The van der Waals surface area contributed by atoms with Gasteiger partial charge in [0.05, 0.1) is 48.2 Å². The highest BCUT2D eigenvalue weighted by Gasteiger charge is 2.29. The number of β-amino-alcohol motifs (C(OH)–C–C–N with tert-alkyl or cyclic N) is 1. The van der Waals surface area contributed by atoms with Crippen LogP contribution in [0.25, 0.3) is 21.8 Å². The SMILES string of the molecule is CC(C)Nc1nc(C(C)O)cc2cnc(Nc3ccc(CN4CCN(C(C)(C)CO)CC4)cn3)nc12.CC(O)CN1CCC(=O)N(c2ccc(Nc3ncc4cc(C(C)O)nc(NC(C)C)c4n3)nc2)CC1. The van der Waals surface area contributed by atoms with Gasteiger partial charge < -0.3 is 46.6 Å². The van der Waals surface area contributed by atoms with Gasteiger partial charge in [-0.05, 0) is 98.2 Å². The molecule has 21 nitrogen and oxygen atoms in total. The van der Waals surface area contributed by atoms with Crippen LogP contribution in [0.3, 0.4) is 0 Å². The first-order valence-electron chi connectivity index (χ1n) is 24.8. The van der Waals surface area contributed by atoms with Crippen molar-refractivity contribution in [3.63, 3.8) is 0 Å². The Morgan fingerprint density at radius 2 is 1.15 bits per heavy atom. The number of fused-ring (bicyclic) bond motifs is 2. The van der Waals surface area contributed by atoms with Gasteiger partial charge >= 0.3 is 0 Å². The fourth-order valence-electron chi connectivity index (χ4n) is 8.42. The summed E-state index contributed by atoms with van der Waals surface area (Å²) in [5.74, 6) is 3.25. The van der Waals surface area contributed by atoms with Crippen LogP contribution in [0.5, 0.6) is 0 Å². The molecule has 1 amide bonds. The standard InChI is InChI=1S/C26H38N8O2.C25H34N8O3/c1-17(2)29-24-23-20(12-21(30-24)18(3)36)14-28-25(32-23)31-22-7-6-19(13-27-22)15-33-8-10-34(11-9-33)26(4,5)16-35;1-15(2)28-24-23-18(11-20(29-24)17(4)35)12-27-25(31-23)30-21-6-5-19(13-26-21)33-10-9-32(14-16(3)34)8-7-22(33)36/h6-7,12-14,17-18,35-36H,8-11,15-16H2,1-5H3,(H,29,30)(H,27,28,31,32);5-6,11-13,15-17,34-35H,7-10,14H2,1-4H3,(H,28,29)(H,26,27,30,31). The Labute approximate surface area is 421 Å². The van der Waals surface area contributed by atoms with Gasteiger partial charge in [-0.2, -0.15) is 0 Å². The highest BCUT2D eigenvalue weighted by Crippen LogP contribution is 2.28. The van der Waals surface area contributed by atoms with E-state index in [0.717, 1.165) is 54.7 Å². The highest BCUT2D eigenvalue weighted by atomic mass is 16.3. The molecule has 0 radical (unpaired) electrons. The molecule has 0 bridgehead atoms. The average Bonchev–Trinajstić information content (AvgIpc) is 3.52. The van der Waals surface area contributed by atoms with Crippen molar-refractivity contribution in [2.45, 2.75) is 111 Å². The summed E-state index contributed by atoms with van der Waals surface area (Å²) in [4.78, 5) is 57.6. The molecule has 6 aromatic rings. The molecule has 386 valence electrons. The number of hydrogen-bond donors (Lipinski definition) is 8. The first kappa shape index (κ1) is 53.5. The van der Waals surface area contributed by atoms with Crippen LogP contribution in [0, 0.1) is 0 Å². The van der Waals surface area contributed by atoms with Gasteiger partial charge in [-0.1, -0.05) is 6.07 Å². The van der Waals surface area contributed by atoms with Crippen molar-refractivity contribution in [1.82, 2.24) is 54.6 Å². The van der Waals surface area contributed by atoms with Gasteiger partial charge in [0, 0.05) is 112 Å². The average molecular weight is 989 g/mol. The molecule has 0 saturated carbocycles. The van der Waals surface area contributed by atoms with Gasteiger partial charge in [0.25, 0.3) is 0 Å². The highest BCUT2D eigenvalue weighted by molar-refractivity contribution is 5.94. The Morgan fingerprint density at radius 1 is 0.625 bits per heavy atom. The van der Waals surface area contributed by atoms with Crippen molar-refractivity contribution in [2.75, 3.05) is 85.1 Å². The number of nitrogens with zero attached hydrogens (tertiary/aromatic N) is 12. The molecule has 0 aliphatic carbocycles. The number of anilines is 7. The molecule has 3 unspecified atom stereocenters. The Balaban J connectivity index is 0.000000211. The number of hydrogen-bond acceptors (Lipinski definition) is 20. The molecule has 8 heterocycles. The predicted molar refractivity (Wildman–Crippen MR) is 282 cm³/mol. The lowest BCUT2D eigenvalue weighted by molar-refractivity contribution is -0.118. The summed E-state index contributed by atoms with van der Waals surface area (Å²) < 4.78 is 0. The van der Waals surface area contributed by atoms with Crippen LogP contribution >= 0.6 is 0 Å². The molecule has 0 spiro atoms. The topological polar surface area (TPSA) is 262 Å². The second-order valence-corrected chi connectivity index (χ2v) is 19.9. The first-order valence-corrected chi connectivity index (χ1v) is 24.8. The number of aliphatic hydroxyl groups excluding tert-OH is 4. The third-order valence-corrected chi connectivity index (χ3v) is 12.4. The summed E-state index contributed by atoms with van der Waals surface area (Å²) in [5.41, 5.74) is 4.14. The lowest BCUT2D eigenvalue weighted by atomic mass is 10.0. The summed E-state index contributed by atoms with van der Waals surface area (Å²) in [6.45, 7) is 24.6. The number of pyridine rings is 4.